The lowest BCUT2D eigenvalue weighted by atomic mass is 9.99. The van der Waals surface area contributed by atoms with Gasteiger partial charge < -0.3 is 35.8 Å². The summed E-state index contributed by atoms with van der Waals surface area (Å²) in [5.41, 5.74) is 2.34. The van der Waals surface area contributed by atoms with Crippen molar-refractivity contribution in [2.24, 2.45) is 5.92 Å². The molecule has 1 heterocycles. The summed E-state index contributed by atoms with van der Waals surface area (Å²) in [6, 6.07) is 22.7. The number of urea groups is 1. The molecule has 1 aliphatic rings. The second-order valence-electron chi connectivity index (χ2n) is 12.9. The molecule has 0 radical (unpaired) electrons. The Labute approximate surface area is 283 Å². The molecule has 1 saturated heterocycles. The van der Waals surface area contributed by atoms with Crippen LogP contribution in [0.3, 0.4) is 0 Å². The lowest BCUT2D eigenvalue weighted by Crippen LogP contribution is -2.58. The predicted molar refractivity (Wildman–Crippen MR) is 185 cm³/mol. The van der Waals surface area contributed by atoms with E-state index in [1.54, 1.807) is 29.2 Å². The number of nitrogens with zero attached hydrogens (tertiary/aromatic N) is 1. The number of nitrogens with one attached hydrogen (secondary N) is 3. The van der Waals surface area contributed by atoms with E-state index >= 15 is 0 Å². The monoisotopic (exact) mass is 658 g/mol. The highest BCUT2D eigenvalue weighted by Gasteiger charge is 2.31. The Hall–Kier alpha value is -4.41. The van der Waals surface area contributed by atoms with Crippen LogP contribution in [0.2, 0.25) is 0 Å². The van der Waals surface area contributed by atoms with E-state index in [4.69, 9.17) is 4.74 Å². The third-order valence-corrected chi connectivity index (χ3v) is 8.51. The van der Waals surface area contributed by atoms with Gasteiger partial charge >= 0.3 is 6.03 Å². The zero-order valence-corrected chi connectivity index (χ0v) is 28.0. The van der Waals surface area contributed by atoms with Crippen LogP contribution in [0, 0.1) is 5.92 Å². The summed E-state index contributed by atoms with van der Waals surface area (Å²) in [5.74, 6) is -0.282. The molecule has 0 aliphatic carbocycles. The van der Waals surface area contributed by atoms with E-state index in [1.807, 2.05) is 74.5 Å². The first-order valence-electron chi connectivity index (χ1n) is 17.0. The molecule has 258 valence electrons. The molecule has 3 aromatic rings. The minimum Gasteiger partial charge on any atom is -0.489 e. The number of rotatable bonds is 15. The van der Waals surface area contributed by atoms with Gasteiger partial charge in [-0.15, -0.1) is 0 Å². The first-order valence-corrected chi connectivity index (χ1v) is 17.0. The van der Waals surface area contributed by atoms with Crippen LogP contribution < -0.4 is 20.7 Å². The summed E-state index contributed by atoms with van der Waals surface area (Å²) in [5, 5.41) is 29.6. The van der Waals surface area contributed by atoms with Gasteiger partial charge in [-0.05, 0) is 54.0 Å². The Morgan fingerprint density at radius 1 is 0.750 bits per heavy atom. The van der Waals surface area contributed by atoms with Crippen molar-refractivity contribution in [2.45, 2.75) is 83.2 Å². The molecule has 1 aliphatic heterocycles. The molecule has 1 fully saturated rings. The number of hydrogen-bond acceptors (Lipinski definition) is 6. The van der Waals surface area contributed by atoms with Gasteiger partial charge in [-0.1, -0.05) is 99.5 Å². The van der Waals surface area contributed by atoms with Gasteiger partial charge in [0.2, 0.25) is 11.8 Å². The fraction of sp³-hybridized carbons (Fsp3) is 0.447. The largest absolute Gasteiger partial charge is 0.489 e. The standard InChI is InChI=1S/C38H50N4O6/c1-27(2)23-32(41-38(47)42-21-11-3-4-12-22-42)36(45)39-33(37(46)40-34(25-43)35(44)30-15-9-6-10-16-30)24-28-17-19-31(20-18-28)48-26-29-13-7-5-8-14-29/h5-10,13-20,27,32-35,43-44H,3-4,11-12,21-26H2,1-2H3,(H,39,45)(H,40,46)(H,41,47)/t32-,33?,34?,35-/m0/s1. The van der Waals surface area contributed by atoms with Gasteiger partial charge in [0.25, 0.3) is 0 Å². The molecule has 2 unspecified atom stereocenters. The number of ether oxygens (including phenoxy) is 1. The predicted octanol–water partition coefficient (Wildman–Crippen LogP) is 4.50. The average molecular weight is 659 g/mol. The molecule has 0 bridgehead atoms. The molecule has 4 rings (SSSR count). The van der Waals surface area contributed by atoms with Crippen LogP contribution in [0.1, 0.15) is 68.7 Å². The molecular weight excluding hydrogens is 608 g/mol. The average Bonchev–Trinajstić information content (AvgIpc) is 3.40. The van der Waals surface area contributed by atoms with Gasteiger partial charge in [0.1, 0.15) is 30.5 Å². The first kappa shape index (κ1) is 36.4. The maximum Gasteiger partial charge on any atom is 0.318 e. The quantitative estimate of drug-likeness (QED) is 0.163. The summed E-state index contributed by atoms with van der Waals surface area (Å²) < 4.78 is 5.91. The molecule has 0 spiro atoms. The minimum absolute atomic E-state index is 0.0979. The van der Waals surface area contributed by atoms with Crippen LogP contribution >= 0.6 is 0 Å². The number of benzene rings is 3. The van der Waals surface area contributed by atoms with Crippen molar-refractivity contribution < 1.29 is 29.3 Å². The Morgan fingerprint density at radius 3 is 1.96 bits per heavy atom. The van der Waals surface area contributed by atoms with E-state index in [9.17, 15) is 24.6 Å². The van der Waals surface area contributed by atoms with Crippen molar-refractivity contribution in [3.63, 3.8) is 0 Å². The van der Waals surface area contributed by atoms with E-state index in [-0.39, 0.29) is 18.4 Å². The van der Waals surface area contributed by atoms with Gasteiger partial charge in [0.05, 0.1) is 12.6 Å². The van der Waals surface area contributed by atoms with Crippen molar-refractivity contribution in [3.8, 4) is 5.75 Å². The summed E-state index contributed by atoms with van der Waals surface area (Å²) >= 11 is 0. The number of amides is 4. The van der Waals surface area contributed by atoms with E-state index in [0.717, 1.165) is 36.8 Å². The summed E-state index contributed by atoms with van der Waals surface area (Å²) in [4.78, 5) is 42.6. The number of carbonyl (C=O) groups is 3. The van der Waals surface area contributed by atoms with E-state index in [0.29, 0.717) is 37.4 Å². The van der Waals surface area contributed by atoms with Crippen molar-refractivity contribution in [3.05, 3.63) is 102 Å². The fourth-order valence-corrected chi connectivity index (χ4v) is 5.79. The second kappa shape index (κ2) is 18.8. The molecular formula is C38H50N4O6. The van der Waals surface area contributed by atoms with Crippen molar-refractivity contribution in [1.29, 1.82) is 0 Å². The van der Waals surface area contributed by atoms with E-state index < -0.39 is 42.7 Å². The maximum atomic E-state index is 13.8. The van der Waals surface area contributed by atoms with Gasteiger partial charge in [-0.3, -0.25) is 9.59 Å². The lowest BCUT2D eigenvalue weighted by molar-refractivity contribution is -0.131. The normalized spacial score (nSPS) is 15.8. The van der Waals surface area contributed by atoms with Crippen LogP contribution in [0.5, 0.6) is 5.75 Å². The molecule has 3 aromatic carbocycles. The van der Waals surface area contributed by atoms with Crippen molar-refractivity contribution in [1.82, 2.24) is 20.9 Å². The van der Waals surface area contributed by atoms with E-state index in [1.165, 1.54) is 0 Å². The zero-order valence-electron chi connectivity index (χ0n) is 28.0. The number of aliphatic hydroxyl groups excluding tert-OH is 2. The summed E-state index contributed by atoms with van der Waals surface area (Å²) in [7, 11) is 0. The molecule has 10 heteroatoms. The molecule has 0 aromatic heterocycles. The van der Waals surface area contributed by atoms with Crippen molar-refractivity contribution >= 4 is 17.8 Å². The SMILES string of the molecule is CC(C)C[C@H](NC(=O)N1CCCCCC1)C(=O)NC(Cc1ccc(OCc2ccccc2)cc1)C(=O)NC(CO)[C@@H](O)c1ccccc1. The molecule has 48 heavy (non-hydrogen) atoms. The highest BCUT2D eigenvalue weighted by molar-refractivity contribution is 5.92. The van der Waals surface area contributed by atoms with E-state index in [2.05, 4.69) is 16.0 Å². The summed E-state index contributed by atoms with van der Waals surface area (Å²) in [6.07, 6.45) is 3.35. The molecule has 5 N–H and O–H groups in total. The van der Waals surface area contributed by atoms with Gasteiger partial charge in [-0.2, -0.15) is 0 Å². The van der Waals surface area contributed by atoms with Gasteiger partial charge in [0, 0.05) is 19.5 Å². The highest BCUT2D eigenvalue weighted by atomic mass is 16.5. The third-order valence-electron chi connectivity index (χ3n) is 8.51. The van der Waals surface area contributed by atoms with Gasteiger partial charge in [-0.25, -0.2) is 4.79 Å². The van der Waals surface area contributed by atoms with Crippen LogP contribution in [0.25, 0.3) is 0 Å². The Kier molecular flexibility index (Phi) is 14.3. The first-order chi connectivity index (χ1) is 23.2. The maximum absolute atomic E-state index is 13.8. The third kappa shape index (κ3) is 11.4. The second-order valence-corrected chi connectivity index (χ2v) is 12.9. The fourth-order valence-electron chi connectivity index (χ4n) is 5.79. The molecule has 4 amide bonds. The number of aliphatic hydroxyl groups is 2. The highest BCUT2D eigenvalue weighted by Crippen LogP contribution is 2.19. The number of likely N-dealkylation sites (tertiary alicyclic amines) is 1. The number of carbonyl (C=O) groups excluding carboxylic acids is 3. The van der Waals surface area contributed by atoms with Crippen molar-refractivity contribution in [2.75, 3.05) is 19.7 Å². The number of hydrogen-bond donors (Lipinski definition) is 5. The Balaban J connectivity index is 1.50. The van der Waals surface area contributed by atoms with Crippen LogP contribution in [0.4, 0.5) is 4.79 Å². The lowest BCUT2D eigenvalue weighted by Gasteiger charge is -2.29. The Morgan fingerprint density at radius 2 is 1.35 bits per heavy atom. The van der Waals surface area contributed by atoms with Crippen LogP contribution in [0.15, 0.2) is 84.9 Å². The van der Waals surface area contributed by atoms with Gasteiger partial charge in [0.15, 0.2) is 0 Å². The Bertz CT molecular complexity index is 1410. The molecule has 10 nitrogen and oxygen atoms in total. The smallest absolute Gasteiger partial charge is 0.318 e. The van der Waals surface area contributed by atoms with Crippen LogP contribution in [-0.4, -0.2) is 70.8 Å². The van der Waals surface area contributed by atoms with Crippen LogP contribution in [-0.2, 0) is 22.6 Å². The zero-order chi connectivity index (χ0) is 34.3. The molecule has 0 saturated carbocycles. The minimum atomic E-state index is -1.17. The topological polar surface area (TPSA) is 140 Å². The summed E-state index contributed by atoms with van der Waals surface area (Å²) in [6.45, 7) is 5.13. The molecule has 4 atom stereocenters.